The third-order valence-electron chi connectivity index (χ3n) is 4.02. The van der Waals surface area contributed by atoms with Crippen molar-refractivity contribution in [1.29, 1.82) is 0 Å². The number of hydrogen-bond acceptors (Lipinski definition) is 5. The lowest BCUT2D eigenvalue weighted by molar-refractivity contribution is 0.134. The third-order valence-corrected chi connectivity index (χ3v) is 4.02. The Bertz CT molecular complexity index is 608. The number of hydrogen-bond donors (Lipinski definition) is 1. The normalized spacial score (nSPS) is 17.2. The zero-order valence-electron chi connectivity index (χ0n) is 12.5. The number of fused-ring (bicyclic) bond motifs is 1. The van der Waals surface area contributed by atoms with Gasteiger partial charge in [-0.3, -0.25) is 9.88 Å². The lowest BCUT2D eigenvalue weighted by Crippen LogP contribution is -2.45. The molecule has 2 N–H and O–H groups in total. The molecule has 112 valence electrons. The summed E-state index contributed by atoms with van der Waals surface area (Å²) in [5, 5.41) is 0.976. The smallest absolute Gasteiger partial charge is 0.121 e. The van der Waals surface area contributed by atoms with Crippen molar-refractivity contribution in [2.45, 2.75) is 0 Å². The van der Waals surface area contributed by atoms with Crippen molar-refractivity contribution < 1.29 is 4.74 Å². The van der Waals surface area contributed by atoms with E-state index >= 15 is 0 Å². The summed E-state index contributed by atoms with van der Waals surface area (Å²) in [6.07, 6.45) is 1.73. The molecule has 5 nitrogen and oxygen atoms in total. The Morgan fingerprint density at radius 1 is 1.19 bits per heavy atom. The Morgan fingerprint density at radius 3 is 2.81 bits per heavy atom. The van der Waals surface area contributed by atoms with E-state index < -0.39 is 0 Å². The molecular weight excluding hydrogens is 264 g/mol. The Kier molecular flexibility index (Phi) is 4.22. The summed E-state index contributed by atoms with van der Waals surface area (Å²) in [6.45, 7) is 6.19. The van der Waals surface area contributed by atoms with Crippen molar-refractivity contribution in [3.63, 3.8) is 0 Å². The van der Waals surface area contributed by atoms with Crippen LogP contribution in [0.15, 0.2) is 30.5 Å². The van der Waals surface area contributed by atoms with E-state index in [9.17, 15) is 0 Å². The second-order valence-corrected chi connectivity index (χ2v) is 5.57. The second kappa shape index (κ2) is 6.28. The minimum absolute atomic E-state index is 0.706. The molecule has 1 aliphatic heterocycles. The molecule has 0 amide bonds. The molecule has 0 bridgehead atoms. The first-order chi connectivity index (χ1) is 10.2. The zero-order chi connectivity index (χ0) is 14.7. The van der Waals surface area contributed by atoms with Crippen LogP contribution in [0.25, 0.3) is 10.9 Å². The van der Waals surface area contributed by atoms with Crippen molar-refractivity contribution >= 4 is 16.6 Å². The van der Waals surface area contributed by atoms with Gasteiger partial charge in [0.15, 0.2) is 0 Å². The largest absolute Gasteiger partial charge is 0.492 e. The van der Waals surface area contributed by atoms with Gasteiger partial charge >= 0.3 is 0 Å². The average molecular weight is 286 g/mol. The zero-order valence-corrected chi connectivity index (χ0v) is 12.5. The predicted molar refractivity (Wildman–Crippen MR) is 85.6 cm³/mol. The van der Waals surface area contributed by atoms with E-state index in [0.717, 1.165) is 55.1 Å². The minimum atomic E-state index is 0.706. The molecule has 1 aliphatic rings. The van der Waals surface area contributed by atoms with Gasteiger partial charge < -0.3 is 15.4 Å². The van der Waals surface area contributed by atoms with Gasteiger partial charge in [0.1, 0.15) is 12.4 Å². The first-order valence-electron chi connectivity index (χ1n) is 7.40. The number of piperazine rings is 1. The SMILES string of the molecule is CN1CCN(CCOc2ccc3c(N)ccnc3c2)CC1. The van der Waals surface area contributed by atoms with E-state index in [0.29, 0.717) is 6.61 Å². The summed E-state index contributed by atoms with van der Waals surface area (Å²) in [5.74, 6) is 0.856. The van der Waals surface area contributed by atoms with Crippen molar-refractivity contribution in [1.82, 2.24) is 14.8 Å². The van der Waals surface area contributed by atoms with Gasteiger partial charge in [0.2, 0.25) is 0 Å². The number of rotatable bonds is 4. The number of aromatic nitrogens is 1. The molecule has 1 fully saturated rings. The molecule has 0 saturated carbocycles. The van der Waals surface area contributed by atoms with Gasteiger partial charge in [0, 0.05) is 56.1 Å². The summed E-state index contributed by atoms with van der Waals surface area (Å²) in [7, 11) is 2.17. The van der Waals surface area contributed by atoms with Gasteiger partial charge in [-0.25, -0.2) is 0 Å². The molecule has 3 rings (SSSR count). The summed E-state index contributed by atoms with van der Waals surface area (Å²) >= 11 is 0. The molecule has 0 atom stereocenters. The van der Waals surface area contributed by atoms with Crippen LogP contribution < -0.4 is 10.5 Å². The third kappa shape index (κ3) is 3.43. The van der Waals surface area contributed by atoms with Crippen LogP contribution in [-0.4, -0.2) is 61.2 Å². The topological polar surface area (TPSA) is 54.6 Å². The molecule has 1 saturated heterocycles. The Balaban J connectivity index is 1.56. The monoisotopic (exact) mass is 286 g/mol. The molecule has 2 heterocycles. The van der Waals surface area contributed by atoms with Gasteiger partial charge in [0.25, 0.3) is 0 Å². The Hall–Kier alpha value is -1.85. The van der Waals surface area contributed by atoms with Crippen LogP contribution in [0.3, 0.4) is 0 Å². The molecule has 1 aromatic carbocycles. The fourth-order valence-electron chi connectivity index (χ4n) is 2.60. The van der Waals surface area contributed by atoms with Crippen LogP contribution in [0.4, 0.5) is 5.69 Å². The van der Waals surface area contributed by atoms with Gasteiger partial charge in [-0.2, -0.15) is 0 Å². The number of nitrogens with zero attached hydrogens (tertiary/aromatic N) is 3. The summed E-state index contributed by atoms with van der Waals surface area (Å²) in [4.78, 5) is 9.13. The fraction of sp³-hybridized carbons (Fsp3) is 0.438. The quantitative estimate of drug-likeness (QED) is 0.922. The number of ether oxygens (including phenoxy) is 1. The van der Waals surface area contributed by atoms with Crippen molar-refractivity contribution in [3.05, 3.63) is 30.5 Å². The number of benzene rings is 1. The summed E-state index contributed by atoms with van der Waals surface area (Å²) in [6, 6.07) is 7.71. The maximum Gasteiger partial charge on any atom is 0.121 e. The van der Waals surface area contributed by atoms with Gasteiger partial charge in [0.05, 0.1) is 5.52 Å². The molecular formula is C16H22N4O. The van der Waals surface area contributed by atoms with Crippen LogP contribution >= 0.6 is 0 Å². The van der Waals surface area contributed by atoms with Crippen LogP contribution in [0, 0.1) is 0 Å². The summed E-state index contributed by atoms with van der Waals surface area (Å²) < 4.78 is 5.85. The molecule has 0 unspecified atom stereocenters. The highest BCUT2D eigenvalue weighted by Crippen LogP contribution is 2.23. The molecule has 5 heteroatoms. The number of anilines is 1. The highest BCUT2D eigenvalue weighted by Gasteiger charge is 2.13. The molecule has 0 aliphatic carbocycles. The number of nitrogen functional groups attached to an aromatic ring is 1. The van der Waals surface area contributed by atoms with E-state index in [1.165, 1.54) is 0 Å². The van der Waals surface area contributed by atoms with Crippen molar-refractivity contribution in [3.8, 4) is 5.75 Å². The Morgan fingerprint density at radius 2 is 2.00 bits per heavy atom. The number of likely N-dealkylation sites (N-methyl/N-ethyl adjacent to an activating group) is 1. The van der Waals surface area contributed by atoms with E-state index in [1.54, 1.807) is 6.20 Å². The first kappa shape index (κ1) is 14.1. The summed E-state index contributed by atoms with van der Waals surface area (Å²) in [5.41, 5.74) is 7.56. The minimum Gasteiger partial charge on any atom is -0.492 e. The lowest BCUT2D eigenvalue weighted by Gasteiger charge is -2.32. The highest BCUT2D eigenvalue weighted by molar-refractivity contribution is 5.90. The second-order valence-electron chi connectivity index (χ2n) is 5.57. The maximum atomic E-state index is 5.92. The van der Waals surface area contributed by atoms with E-state index in [1.807, 2.05) is 24.3 Å². The highest BCUT2D eigenvalue weighted by atomic mass is 16.5. The van der Waals surface area contributed by atoms with Crippen LogP contribution in [0.1, 0.15) is 0 Å². The van der Waals surface area contributed by atoms with Crippen LogP contribution in [0.5, 0.6) is 5.75 Å². The fourth-order valence-corrected chi connectivity index (χ4v) is 2.60. The molecule has 0 spiro atoms. The van der Waals surface area contributed by atoms with Gasteiger partial charge in [-0.05, 0) is 25.2 Å². The molecule has 0 radical (unpaired) electrons. The van der Waals surface area contributed by atoms with E-state index in [2.05, 4.69) is 21.8 Å². The number of nitrogens with two attached hydrogens (primary N) is 1. The van der Waals surface area contributed by atoms with Crippen molar-refractivity contribution in [2.24, 2.45) is 0 Å². The van der Waals surface area contributed by atoms with Gasteiger partial charge in [-0.15, -0.1) is 0 Å². The molecule has 21 heavy (non-hydrogen) atoms. The van der Waals surface area contributed by atoms with E-state index in [4.69, 9.17) is 10.5 Å². The van der Waals surface area contributed by atoms with Crippen molar-refractivity contribution in [2.75, 3.05) is 52.1 Å². The van der Waals surface area contributed by atoms with Gasteiger partial charge in [-0.1, -0.05) is 0 Å². The van der Waals surface area contributed by atoms with Crippen LogP contribution in [0.2, 0.25) is 0 Å². The van der Waals surface area contributed by atoms with Crippen LogP contribution in [-0.2, 0) is 0 Å². The molecule has 2 aromatic rings. The maximum absolute atomic E-state index is 5.92. The first-order valence-corrected chi connectivity index (χ1v) is 7.40. The standard InChI is InChI=1S/C16H22N4O/c1-19-6-8-20(9-7-19)10-11-21-13-2-3-14-15(17)4-5-18-16(14)12-13/h2-5,12H,6-11H2,1H3,(H2,17,18). The average Bonchev–Trinajstić information content (AvgIpc) is 2.49. The number of pyridine rings is 1. The molecule has 1 aromatic heterocycles. The van der Waals surface area contributed by atoms with E-state index in [-0.39, 0.29) is 0 Å². The Labute approximate surface area is 125 Å². The lowest BCUT2D eigenvalue weighted by atomic mass is 10.2. The predicted octanol–water partition coefficient (Wildman–Crippen LogP) is 1.44.